The summed E-state index contributed by atoms with van der Waals surface area (Å²) in [6, 6.07) is 19.4. The average molecular weight is 1110 g/mol. The molecule has 73 heavy (non-hydrogen) atoms. The van der Waals surface area contributed by atoms with Crippen molar-refractivity contribution < 1.29 is 46.9 Å². The van der Waals surface area contributed by atoms with E-state index >= 15 is 4.39 Å². The lowest BCUT2D eigenvalue weighted by atomic mass is 9.76. The molecule has 3 fully saturated rings. The van der Waals surface area contributed by atoms with E-state index in [1.165, 1.54) is 17.4 Å². The summed E-state index contributed by atoms with van der Waals surface area (Å²) < 4.78 is 51.9. The van der Waals surface area contributed by atoms with Crippen molar-refractivity contribution in [2.45, 2.75) is 82.3 Å². The highest BCUT2D eigenvalue weighted by Crippen LogP contribution is 2.38. The van der Waals surface area contributed by atoms with Gasteiger partial charge in [-0.2, -0.15) is 58.4 Å². The Morgan fingerprint density at radius 2 is 1.42 bits per heavy atom. The number of likely N-dealkylation sites (N-methyl/N-ethyl adjacent to an activating group) is 1. The first-order valence-corrected chi connectivity index (χ1v) is 25.3. The maximum Gasteiger partial charge on any atom is 0.243 e. The van der Waals surface area contributed by atoms with Crippen LogP contribution in [0.15, 0.2) is 78.2 Å². The van der Waals surface area contributed by atoms with Gasteiger partial charge in [0.1, 0.15) is 24.5 Å². The van der Waals surface area contributed by atoms with Crippen LogP contribution in [-0.4, -0.2) is 131 Å². The standard InChI is InChI=1S/C52H66F2N6O8S.4H2S/c1-35(55-2)44(61)33-40(36-13-6-3-7-14-36)51(64)60-23-12-19-43(60)49(62)58-47(45(37-15-8-4-9-16-37)38-17-10-5-11-18-38)50(63)56-22-26-65-29-30-67-31-32-68-48-39(20-21-41(53)46(48)54)42-34-69-52(57-42)59-24-27-66-28-25-59;;;;/h4-5,8-11,15-18,20-21,34-36,40,43,45,47,55H,3,6-7,12-14,19,22-33H2,1-2H3,(H,56,63)(H,58,62);4*1H2/t35-,40-,43-,47-;;;;/m0..../s1. The molecule has 14 nitrogen and oxygen atoms in total. The van der Waals surface area contributed by atoms with Crippen molar-refractivity contribution in [1.29, 1.82) is 0 Å². The number of carbonyl (C=O) groups excluding carboxylic acids is 4. The van der Waals surface area contributed by atoms with E-state index in [1.54, 1.807) is 24.3 Å². The van der Waals surface area contributed by atoms with Crippen LogP contribution < -0.4 is 25.6 Å². The topological polar surface area (TPSA) is 161 Å². The Hall–Kier alpha value is -3.93. The van der Waals surface area contributed by atoms with Gasteiger partial charge in [-0.1, -0.05) is 79.9 Å². The van der Waals surface area contributed by atoms with E-state index in [1.807, 2.05) is 60.7 Å². The third-order valence-electron chi connectivity index (χ3n) is 13.4. The second-order valence-electron chi connectivity index (χ2n) is 17.9. The van der Waals surface area contributed by atoms with Gasteiger partial charge in [0.2, 0.25) is 23.5 Å². The number of amides is 3. The number of ether oxygens (including phenoxy) is 4. The predicted octanol–water partition coefficient (Wildman–Crippen LogP) is 6.98. The Bertz CT molecular complexity index is 2260. The van der Waals surface area contributed by atoms with E-state index in [0.29, 0.717) is 56.9 Å². The van der Waals surface area contributed by atoms with Gasteiger partial charge in [-0.05, 0) is 68.8 Å². The normalized spacial score (nSPS) is 16.9. The van der Waals surface area contributed by atoms with Gasteiger partial charge in [-0.25, -0.2) is 9.37 Å². The van der Waals surface area contributed by atoms with Crippen LogP contribution in [0, 0.1) is 23.5 Å². The number of hydrogen-bond donors (Lipinski definition) is 3. The summed E-state index contributed by atoms with van der Waals surface area (Å²) in [5.41, 5.74) is 2.48. The van der Waals surface area contributed by atoms with E-state index in [4.69, 9.17) is 18.9 Å². The molecular weight excluding hydrogens is 1030 g/mol. The molecule has 0 spiro atoms. The van der Waals surface area contributed by atoms with Crippen LogP contribution in [0.25, 0.3) is 11.3 Å². The fraction of sp³-hybridized carbons (Fsp3) is 0.519. The van der Waals surface area contributed by atoms with Crippen LogP contribution in [0.5, 0.6) is 5.75 Å². The summed E-state index contributed by atoms with van der Waals surface area (Å²) in [6.07, 6.45) is 6.07. The lowest BCUT2D eigenvalue weighted by Crippen LogP contribution is -2.56. The van der Waals surface area contributed by atoms with Gasteiger partial charge < -0.3 is 44.7 Å². The Kier molecular flexibility index (Phi) is 28.2. The number of likely N-dealkylation sites (tertiary alicyclic amines) is 1. The van der Waals surface area contributed by atoms with E-state index in [-0.39, 0.29) is 129 Å². The van der Waals surface area contributed by atoms with Crippen molar-refractivity contribution in [2.24, 2.45) is 11.8 Å². The molecule has 1 saturated carbocycles. The quantitative estimate of drug-likeness (QED) is 0.0622. The van der Waals surface area contributed by atoms with E-state index in [2.05, 4.69) is 25.8 Å². The van der Waals surface area contributed by atoms with Crippen molar-refractivity contribution >= 4 is 94.0 Å². The largest absolute Gasteiger partial charge is 0.487 e. The molecule has 4 aromatic rings. The number of nitrogens with one attached hydrogen (secondary N) is 3. The van der Waals surface area contributed by atoms with Crippen LogP contribution in [0.1, 0.15) is 75.3 Å². The number of benzene rings is 3. The van der Waals surface area contributed by atoms with Crippen molar-refractivity contribution in [1.82, 2.24) is 25.8 Å². The average Bonchev–Trinajstić information content (AvgIpc) is 4.10. The number of hydrogen-bond acceptors (Lipinski definition) is 12. The second-order valence-corrected chi connectivity index (χ2v) is 18.7. The van der Waals surface area contributed by atoms with Gasteiger partial charge in [0.15, 0.2) is 16.7 Å². The first-order valence-electron chi connectivity index (χ1n) is 24.4. The van der Waals surface area contributed by atoms with Gasteiger partial charge in [-0.3, -0.25) is 19.2 Å². The van der Waals surface area contributed by atoms with E-state index in [0.717, 1.165) is 54.4 Å². The summed E-state index contributed by atoms with van der Waals surface area (Å²) >= 11 is 1.42. The van der Waals surface area contributed by atoms with Crippen molar-refractivity contribution in [2.75, 3.05) is 84.4 Å². The highest BCUT2D eigenvalue weighted by atomic mass is 32.1. The van der Waals surface area contributed by atoms with E-state index < -0.39 is 47.4 Å². The number of carbonyl (C=O) groups is 4. The van der Waals surface area contributed by atoms with E-state index in [9.17, 15) is 23.6 Å². The Labute approximate surface area is 460 Å². The number of halogens is 2. The molecule has 21 heteroatoms. The number of thiazole rings is 1. The molecule has 2 saturated heterocycles. The van der Waals surface area contributed by atoms with Crippen LogP contribution >= 0.6 is 65.3 Å². The molecule has 4 atom stereocenters. The zero-order valence-corrected chi connectivity index (χ0v) is 46.5. The van der Waals surface area contributed by atoms with Crippen molar-refractivity contribution in [3.05, 3.63) is 101 Å². The summed E-state index contributed by atoms with van der Waals surface area (Å²) in [6.45, 7) is 5.45. The molecule has 404 valence electrons. The molecule has 2 aliphatic heterocycles. The summed E-state index contributed by atoms with van der Waals surface area (Å²) in [7, 11) is 1.73. The minimum Gasteiger partial charge on any atom is -0.487 e. The number of ketones is 1. The van der Waals surface area contributed by atoms with Crippen molar-refractivity contribution in [3.8, 4) is 17.0 Å². The van der Waals surface area contributed by atoms with Crippen LogP contribution in [0.2, 0.25) is 0 Å². The first-order chi connectivity index (χ1) is 33.6. The maximum atomic E-state index is 15.0. The molecule has 3 N–H and O–H groups in total. The number of Topliss-reactive ketones (excluding diaryl/α,β-unsaturated/α-hetero) is 1. The smallest absolute Gasteiger partial charge is 0.243 e. The SMILES string of the molecule is CN[C@@H](C)C(=O)C[C@H](C(=O)N1CCC[C@H]1C(=O)N[C@H](C(=O)NCCOCCOCCOc1c(-c2csc(N3CCOCC3)n2)ccc(F)c1F)C(c1ccccc1)c1ccccc1)C1CCCCC1.S.S.S.S. The van der Waals surface area contributed by atoms with Gasteiger partial charge in [0, 0.05) is 55.4 Å². The number of aromatic nitrogens is 1. The molecule has 1 aromatic heterocycles. The summed E-state index contributed by atoms with van der Waals surface area (Å²) in [4.78, 5) is 65.1. The second kappa shape index (κ2) is 32.5. The van der Waals surface area contributed by atoms with Crippen molar-refractivity contribution in [3.63, 3.8) is 0 Å². The number of anilines is 1. The number of nitrogens with zero attached hydrogens (tertiary/aromatic N) is 3. The van der Waals surface area contributed by atoms with Gasteiger partial charge >= 0.3 is 0 Å². The molecule has 0 bridgehead atoms. The highest BCUT2D eigenvalue weighted by molar-refractivity contribution is 7.59. The molecule has 0 radical (unpaired) electrons. The third kappa shape index (κ3) is 17.3. The number of rotatable bonds is 24. The Morgan fingerprint density at radius 1 is 0.795 bits per heavy atom. The number of morpholine rings is 1. The molecule has 3 amide bonds. The molecule has 3 aliphatic rings. The lowest BCUT2D eigenvalue weighted by Gasteiger charge is -2.35. The zero-order chi connectivity index (χ0) is 48.5. The van der Waals surface area contributed by atoms with Gasteiger partial charge in [0.25, 0.3) is 0 Å². The van der Waals surface area contributed by atoms with Crippen LogP contribution in [0.4, 0.5) is 13.9 Å². The molecular formula is C52H74F2N6O8S5. The summed E-state index contributed by atoms with van der Waals surface area (Å²) in [5.74, 6) is -4.38. The molecule has 0 unspecified atom stereocenters. The van der Waals surface area contributed by atoms with Crippen LogP contribution in [0.3, 0.4) is 0 Å². The Morgan fingerprint density at radius 3 is 2.07 bits per heavy atom. The highest BCUT2D eigenvalue weighted by Gasteiger charge is 2.43. The molecule has 7 rings (SSSR count). The first kappa shape index (κ1) is 63.4. The third-order valence-corrected chi connectivity index (χ3v) is 14.3. The lowest BCUT2D eigenvalue weighted by molar-refractivity contribution is -0.145. The minimum absolute atomic E-state index is 0. The molecule has 3 aromatic carbocycles. The van der Waals surface area contributed by atoms with Gasteiger partial charge in [-0.15, -0.1) is 11.3 Å². The fourth-order valence-electron chi connectivity index (χ4n) is 9.55. The zero-order valence-electron chi connectivity index (χ0n) is 41.7. The van der Waals surface area contributed by atoms with Gasteiger partial charge in [0.05, 0.1) is 51.4 Å². The fourth-order valence-corrected chi connectivity index (χ4v) is 10.4. The molecule has 3 heterocycles. The van der Waals surface area contributed by atoms with Crippen LogP contribution in [-0.2, 0) is 33.4 Å². The Balaban J connectivity index is 0.00000352. The monoisotopic (exact) mass is 1110 g/mol. The maximum absolute atomic E-state index is 15.0. The minimum atomic E-state index is -1.10. The predicted molar refractivity (Wildman–Crippen MR) is 302 cm³/mol. The molecule has 1 aliphatic carbocycles. The summed E-state index contributed by atoms with van der Waals surface area (Å²) in [5, 5.41) is 11.7.